The number of phenols is 1. The zero-order chi connectivity index (χ0) is 19.6. The van der Waals surface area contributed by atoms with Crippen LogP contribution >= 0.6 is 0 Å². The van der Waals surface area contributed by atoms with Gasteiger partial charge >= 0.3 is 12.5 Å². The van der Waals surface area contributed by atoms with Crippen LogP contribution in [0.25, 0.3) is 5.57 Å². The summed E-state index contributed by atoms with van der Waals surface area (Å²) in [7, 11) is 0. The molecule has 1 fully saturated rings. The van der Waals surface area contributed by atoms with Gasteiger partial charge in [0.15, 0.2) is 5.82 Å². The number of halogens is 5. The number of rotatable bonds is 5. The van der Waals surface area contributed by atoms with Crippen LogP contribution in [0.5, 0.6) is 5.75 Å². The minimum Gasteiger partial charge on any atom is -0.506 e. The highest BCUT2D eigenvalue weighted by Crippen LogP contribution is 2.36. The number of nitrogens with one attached hydrogen (secondary N) is 1. The van der Waals surface area contributed by atoms with Gasteiger partial charge < -0.3 is 10.8 Å². The lowest BCUT2D eigenvalue weighted by atomic mass is 10.1. The van der Waals surface area contributed by atoms with E-state index in [-0.39, 0.29) is 6.21 Å². The predicted octanol–water partition coefficient (Wildman–Crippen LogP) is 1.27. The number of anilines is 1. The van der Waals surface area contributed by atoms with Crippen LogP contribution in [0.3, 0.4) is 0 Å². The van der Waals surface area contributed by atoms with Gasteiger partial charge in [0, 0.05) is 23.6 Å². The summed E-state index contributed by atoms with van der Waals surface area (Å²) in [4.78, 5) is 13.6. The molecule has 4 N–H and O–H groups in total. The molecule has 1 aromatic carbocycles. The van der Waals surface area contributed by atoms with Crippen LogP contribution in [0.2, 0.25) is 0 Å². The quantitative estimate of drug-likeness (QED) is 0.394. The van der Waals surface area contributed by atoms with Crippen molar-refractivity contribution < 1.29 is 36.1 Å². The molecule has 0 aromatic heterocycles. The Hall–Kier alpha value is -2.70. The summed E-state index contributed by atoms with van der Waals surface area (Å²) in [6.45, 7) is -0.542. The van der Waals surface area contributed by atoms with Crippen molar-refractivity contribution in [1.82, 2.24) is 4.72 Å². The molecule has 1 aromatic rings. The lowest BCUT2D eigenvalue weighted by Gasteiger charge is -2.18. The molecule has 142 valence electrons. The number of allylic oxidation sites excluding steroid dienone is 1. The molecule has 1 amide bonds. The van der Waals surface area contributed by atoms with Crippen LogP contribution in [-0.4, -0.2) is 40.5 Å². The van der Waals surface area contributed by atoms with Crippen molar-refractivity contribution in [3.63, 3.8) is 0 Å². The summed E-state index contributed by atoms with van der Waals surface area (Å²) in [6, 6.07) is -2.86. The Bertz CT molecular complexity index is 815. The zero-order valence-corrected chi connectivity index (χ0v) is 13.4. The second-order valence-corrected chi connectivity index (χ2v) is 6.02. The van der Waals surface area contributed by atoms with Gasteiger partial charge in [0.05, 0.1) is 0 Å². The molecule has 1 aliphatic heterocycles. The molecular weight excluding hydrogens is 387 g/mol. The second-order valence-electron chi connectivity index (χ2n) is 4.87. The van der Waals surface area contributed by atoms with E-state index < -0.39 is 64.5 Å². The molecule has 7 nitrogen and oxygen atoms in total. The van der Waals surface area contributed by atoms with E-state index in [0.717, 1.165) is 12.1 Å². The average Bonchev–Trinajstić information content (AvgIpc) is 2.88. The Kier molecular flexibility index (Phi) is 5.49. The lowest BCUT2D eigenvalue weighted by molar-refractivity contribution is -0.120. The molecular formula is C13H11F5N4O3S. The van der Waals surface area contributed by atoms with Crippen molar-refractivity contribution in [2.24, 2.45) is 10.7 Å². The first-order chi connectivity index (χ1) is 12.1. The van der Waals surface area contributed by atoms with Crippen molar-refractivity contribution in [3.8, 4) is 5.75 Å². The lowest BCUT2D eigenvalue weighted by Crippen LogP contribution is -2.24. The number of phenolic OH excluding ortho intramolecular Hbond substituents is 1. The molecule has 0 radical (unpaired) electrons. The molecule has 13 heteroatoms. The van der Waals surface area contributed by atoms with Crippen molar-refractivity contribution >= 4 is 34.6 Å². The van der Waals surface area contributed by atoms with Gasteiger partial charge in [-0.3, -0.25) is 13.8 Å². The number of hydrogen-bond donors (Lipinski definition) is 3. The van der Waals surface area contributed by atoms with Crippen LogP contribution in [0.4, 0.5) is 27.6 Å². The van der Waals surface area contributed by atoms with E-state index in [0.29, 0.717) is 10.5 Å². The molecule has 0 aliphatic carbocycles. The first-order valence-electron chi connectivity index (χ1n) is 6.72. The molecule has 1 atom stereocenters. The zero-order valence-electron chi connectivity index (χ0n) is 12.6. The van der Waals surface area contributed by atoms with Crippen molar-refractivity contribution in [1.29, 1.82) is 0 Å². The standard InChI is InChI=1S/C13H11F5N4O3S/c14-10-7(6(3-19)4-20-13(17,18)12(15)16)1-2-8(23)11(10)22-5-9(24)21-26(22)25/h1-4,12,23H,5,19H2,(H,21,24)/b6-3+,20-4+. The van der Waals surface area contributed by atoms with Gasteiger partial charge in [-0.2, -0.15) is 8.78 Å². The van der Waals surface area contributed by atoms with Crippen LogP contribution < -0.4 is 14.8 Å². The summed E-state index contributed by atoms with van der Waals surface area (Å²) < 4.78 is 79.2. The van der Waals surface area contributed by atoms with E-state index in [2.05, 4.69) is 4.99 Å². The number of hydrogen-bond acceptors (Lipinski definition) is 5. The minimum absolute atomic E-state index is 0.246. The highest BCUT2D eigenvalue weighted by atomic mass is 32.2. The van der Waals surface area contributed by atoms with Crippen LogP contribution in [0, 0.1) is 5.82 Å². The average molecular weight is 398 g/mol. The van der Waals surface area contributed by atoms with E-state index in [4.69, 9.17) is 5.73 Å². The molecule has 1 aliphatic rings. The van der Waals surface area contributed by atoms with Crippen LogP contribution in [0.1, 0.15) is 5.56 Å². The molecule has 1 unspecified atom stereocenters. The smallest absolute Gasteiger partial charge is 0.402 e. The Morgan fingerprint density at radius 2 is 2.12 bits per heavy atom. The Balaban J connectivity index is 2.47. The van der Waals surface area contributed by atoms with Crippen LogP contribution in [0.15, 0.2) is 23.3 Å². The normalized spacial score (nSPS) is 18.8. The molecule has 0 bridgehead atoms. The Morgan fingerprint density at radius 3 is 2.62 bits per heavy atom. The summed E-state index contributed by atoms with van der Waals surface area (Å²) in [5.74, 6) is -2.67. The predicted molar refractivity (Wildman–Crippen MR) is 83.3 cm³/mol. The topological polar surface area (TPSA) is 108 Å². The molecule has 26 heavy (non-hydrogen) atoms. The van der Waals surface area contributed by atoms with Gasteiger partial charge in [-0.05, 0) is 12.1 Å². The number of carbonyl (C=O) groups excluding carboxylic acids is 1. The van der Waals surface area contributed by atoms with Crippen molar-refractivity contribution in [2.45, 2.75) is 12.5 Å². The molecule has 1 heterocycles. The second kappa shape index (κ2) is 7.27. The molecule has 0 spiro atoms. The van der Waals surface area contributed by atoms with E-state index >= 15 is 0 Å². The maximum atomic E-state index is 14.7. The first-order valence-corrected chi connectivity index (χ1v) is 7.83. The van der Waals surface area contributed by atoms with Gasteiger partial charge in [-0.25, -0.2) is 22.4 Å². The SMILES string of the molecule is N/C=C(\C=N\C(F)(F)C(F)F)c1ccc(O)c(N2CC(=O)NS2=O)c1F. The summed E-state index contributed by atoms with van der Waals surface area (Å²) >= 11 is -2.18. The number of alkyl halides is 4. The summed E-state index contributed by atoms with van der Waals surface area (Å²) in [6.07, 6.45) is -3.20. The maximum absolute atomic E-state index is 14.7. The largest absolute Gasteiger partial charge is 0.506 e. The van der Waals surface area contributed by atoms with Gasteiger partial charge in [-0.1, -0.05) is 0 Å². The fourth-order valence-electron chi connectivity index (χ4n) is 1.96. The number of aromatic hydroxyl groups is 1. The first kappa shape index (κ1) is 19.6. The van der Waals surface area contributed by atoms with Crippen molar-refractivity contribution in [3.05, 3.63) is 29.7 Å². The molecule has 1 saturated heterocycles. The fourth-order valence-corrected chi connectivity index (χ4v) is 2.91. The van der Waals surface area contributed by atoms with Gasteiger partial charge in [0.1, 0.15) is 18.0 Å². The molecule has 2 rings (SSSR count). The van der Waals surface area contributed by atoms with E-state index in [1.54, 1.807) is 0 Å². The van der Waals surface area contributed by atoms with Crippen molar-refractivity contribution in [2.75, 3.05) is 10.8 Å². The van der Waals surface area contributed by atoms with Crippen LogP contribution in [-0.2, 0) is 16.0 Å². The van der Waals surface area contributed by atoms with E-state index in [1.807, 2.05) is 4.72 Å². The fraction of sp³-hybridized carbons (Fsp3) is 0.231. The monoisotopic (exact) mass is 398 g/mol. The Morgan fingerprint density at radius 1 is 1.46 bits per heavy atom. The maximum Gasteiger partial charge on any atom is 0.402 e. The number of aliphatic imine (C=N–C) groups is 1. The highest BCUT2D eigenvalue weighted by Gasteiger charge is 2.40. The number of nitrogens with zero attached hydrogens (tertiary/aromatic N) is 2. The third-order valence-electron chi connectivity index (χ3n) is 3.16. The number of nitrogens with two attached hydrogens (primary N) is 1. The third-order valence-corrected chi connectivity index (χ3v) is 4.28. The highest BCUT2D eigenvalue weighted by molar-refractivity contribution is 7.85. The van der Waals surface area contributed by atoms with E-state index in [1.165, 1.54) is 0 Å². The Labute approximate surface area is 145 Å². The van der Waals surface area contributed by atoms with Gasteiger partial charge in [0.25, 0.3) is 5.91 Å². The van der Waals surface area contributed by atoms with Gasteiger partial charge in [-0.15, -0.1) is 0 Å². The summed E-state index contributed by atoms with van der Waals surface area (Å²) in [5, 5.41) is 9.81. The van der Waals surface area contributed by atoms with Gasteiger partial charge in [0.2, 0.25) is 11.2 Å². The number of carbonyl (C=O) groups is 1. The number of benzene rings is 1. The number of amides is 1. The van der Waals surface area contributed by atoms with E-state index in [9.17, 15) is 36.1 Å². The third kappa shape index (κ3) is 3.76. The molecule has 0 saturated carbocycles. The minimum atomic E-state index is -4.71. The summed E-state index contributed by atoms with van der Waals surface area (Å²) in [5.41, 5.74) is 3.55.